The van der Waals surface area contributed by atoms with E-state index < -0.39 is 0 Å². The molecule has 0 aromatic heterocycles. The van der Waals surface area contributed by atoms with Crippen LogP contribution in [0.25, 0.3) is 11.1 Å². The number of para-hydroxylation sites is 2. The maximum atomic E-state index is 9.46. The van der Waals surface area contributed by atoms with Gasteiger partial charge in [0.2, 0.25) is 0 Å². The van der Waals surface area contributed by atoms with Gasteiger partial charge in [-0.1, -0.05) is 36.4 Å². The van der Waals surface area contributed by atoms with Crippen molar-refractivity contribution in [2.45, 2.75) is 0 Å². The zero-order chi connectivity index (χ0) is 19.3. The Morgan fingerprint density at radius 1 is 0.429 bits per heavy atom. The fraction of sp³-hybridized carbons (Fsp3) is 0. The monoisotopic (exact) mass is 370 g/mol. The van der Waals surface area contributed by atoms with Gasteiger partial charge in [-0.05, 0) is 60.7 Å². The Kier molecular flexibility index (Phi) is 4.85. The van der Waals surface area contributed by atoms with Crippen molar-refractivity contribution in [3.05, 3.63) is 97.1 Å². The molecule has 4 heteroatoms. The van der Waals surface area contributed by atoms with Crippen LogP contribution in [0.5, 0.6) is 34.5 Å². The van der Waals surface area contributed by atoms with Crippen molar-refractivity contribution in [2.75, 3.05) is 0 Å². The summed E-state index contributed by atoms with van der Waals surface area (Å²) >= 11 is 0. The first kappa shape index (κ1) is 17.5. The third kappa shape index (κ3) is 3.91. The van der Waals surface area contributed by atoms with Gasteiger partial charge in [-0.15, -0.1) is 0 Å². The molecule has 28 heavy (non-hydrogen) atoms. The van der Waals surface area contributed by atoms with Gasteiger partial charge in [0.05, 0.1) is 0 Å². The number of rotatable bonds is 5. The Balaban J connectivity index is 1.69. The van der Waals surface area contributed by atoms with E-state index in [0.717, 1.165) is 11.1 Å². The molecule has 0 aliphatic heterocycles. The van der Waals surface area contributed by atoms with Gasteiger partial charge >= 0.3 is 0 Å². The molecule has 0 fully saturated rings. The van der Waals surface area contributed by atoms with Crippen LogP contribution < -0.4 is 9.47 Å². The lowest BCUT2D eigenvalue weighted by molar-refractivity contribution is 0.462. The SMILES string of the molecule is Oc1ccc(Oc2ccccc2-c2ccccc2Oc2ccc(O)cc2)cc1. The fourth-order valence-electron chi connectivity index (χ4n) is 2.84. The minimum atomic E-state index is 0.188. The van der Waals surface area contributed by atoms with Crippen LogP contribution >= 0.6 is 0 Å². The second-order valence-electron chi connectivity index (χ2n) is 6.18. The molecule has 0 spiro atoms. The van der Waals surface area contributed by atoms with Gasteiger partial charge in [-0.2, -0.15) is 0 Å². The van der Waals surface area contributed by atoms with E-state index in [2.05, 4.69) is 0 Å². The molecule has 4 aromatic carbocycles. The van der Waals surface area contributed by atoms with Gasteiger partial charge in [-0.25, -0.2) is 0 Å². The van der Waals surface area contributed by atoms with Crippen LogP contribution in [-0.2, 0) is 0 Å². The summed E-state index contributed by atoms with van der Waals surface area (Å²) in [4.78, 5) is 0. The van der Waals surface area contributed by atoms with E-state index in [1.165, 1.54) is 0 Å². The standard InChI is InChI=1S/C24H18O4/c25-17-9-13-19(14-10-17)27-23-7-3-1-5-21(23)22-6-2-4-8-24(22)28-20-15-11-18(26)12-16-20/h1-16,25-26H. The number of hydrogen-bond donors (Lipinski definition) is 2. The summed E-state index contributed by atoms with van der Waals surface area (Å²) in [5.74, 6) is 2.98. The predicted octanol–water partition coefficient (Wildman–Crippen LogP) is 6.35. The van der Waals surface area contributed by atoms with E-state index in [0.29, 0.717) is 23.0 Å². The van der Waals surface area contributed by atoms with Crippen molar-refractivity contribution >= 4 is 0 Å². The van der Waals surface area contributed by atoms with Crippen molar-refractivity contribution < 1.29 is 19.7 Å². The van der Waals surface area contributed by atoms with Crippen LogP contribution in [0.15, 0.2) is 97.1 Å². The van der Waals surface area contributed by atoms with E-state index in [9.17, 15) is 10.2 Å². The smallest absolute Gasteiger partial charge is 0.135 e. The van der Waals surface area contributed by atoms with Crippen LogP contribution in [0.3, 0.4) is 0 Å². The second-order valence-corrected chi connectivity index (χ2v) is 6.18. The molecular weight excluding hydrogens is 352 g/mol. The highest BCUT2D eigenvalue weighted by molar-refractivity contribution is 5.76. The van der Waals surface area contributed by atoms with Crippen molar-refractivity contribution in [1.82, 2.24) is 0 Å². The summed E-state index contributed by atoms with van der Waals surface area (Å²) in [6.45, 7) is 0. The van der Waals surface area contributed by atoms with Crippen LogP contribution in [0.2, 0.25) is 0 Å². The average Bonchev–Trinajstić information content (AvgIpc) is 2.72. The summed E-state index contributed by atoms with van der Waals surface area (Å²) in [5, 5.41) is 18.9. The summed E-state index contributed by atoms with van der Waals surface area (Å²) in [6.07, 6.45) is 0. The highest BCUT2D eigenvalue weighted by atomic mass is 16.5. The highest BCUT2D eigenvalue weighted by Gasteiger charge is 2.12. The lowest BCUT2D eigenvalue weighted by Gasteiger charge is -2.15. The molecule has 0 saturated heterocycles. The first-order valence-electron chi connectivity index (χ1n) is 8.81. The molecule has 0 bridgehead atoms. The Labute approximate surface area is 162 Å². The number of hydrogen-bond acceptors (Lipinski definition) is 4. The van der Waals surface area contributed by atoms with E-state index in [1.807, 2.05) is 48.5 Å². The van der Waals surface area contributed by atoms with Crippen LogP contribution in [0, 0.1) is 0 Å². The predicted molar refractivity (Wildman–Crippen MR) is 108 cm³/mol. The molecule has 0 aliphatic rings. The average molecular weight is 370 g/mol. The Bertz CT molecular complexity index is 981. The largest absolute Gasteiger partial charge is 0.508 e. The first-order chi connectivity index (χ1) is 13.7. The van der Waals surface area contributed by atoms with Gasteiger partial charge in [-0.3, -0.25) is 0 Å². The minimum absolute atomic E-state index is 0.188. The Hall–Kier alpha value is -3.92. The van der Waals surface area contributed by atoms with Crippen LogP contribution in [-0.4, -0.2) is 10.2 Å². The summed E-state index contributed by atoms with van der Waals surface area (Å²) < 4.78 is 12.1. The lowest BCUT2D eigenvalue weighted by atomic mass is 10.0. The Morgan fingerprint density at radius 2 is 0.786 bits per heavy atom. The topological polar surface area (TPSA) is 58.9 Å². The highest BCUT2D eigenvalue weighted by Crippen LogP contribution is 2.40. The second kappa shape index (κ2) is 7.76. The molecule has 0 radical (unpaired) electrons. The van der Waals surface area contributed by atoms with Gasteiger partial charge in [0.1, 0.15) is 34.5 Å². The summed E-state index contributed by atoms with van der Waals surface area (Å²) in [5.41, 5.74) is 1.76. The number of phenols is 2. The normalized spacial score (nSPS) is 10.4. The van der Waals surface area contributed by atoms with E-state index in [-0.39, 0.29) is 11.5 Å². The summed E-state index contributed by atoms with van der Waals surface area (Å²) in [6, 6.07) is 28.6. The van der Waals surface area contributed by atoms with E-state index in [4.69, 9.17) is 9.47 Å². The number of ether oxygens (including phenoxy) is 2. The molecule has 0 aliphatic carbocycles. The molecular formula is C24H18O4. The number of phenolic OH excluding ortho intramolecular Hbond substituents is 2. The molecule has 0 heterocycles. The lowest BCUT2D eigenvalue weighted by Crippen LogP contribution is -1.91. The molecule has 2 N–H and O–H groups in total. The molecule has 0 unspecified atom stereocenters. The maximum Gasteiger partial charge on any atom is 0.135 e. The van der Waals surface area contributed by atoms with Gasteiger partial charge in [0.25, 0.3) is 0 Å². The molecule has 0 amide bonds. The van der Waals surface area contributed by atoms with Crippen molar-refractivity contribution in [3.8, 4) is 45.6 Å². The van der Waals surface area contributed by atoms with Gasteiger partial charge in [0.15, 0.2) is 0 Å². The maximum absolute atomic E-state index is 9.46. The van der Waals surface area contributed by atoms with E-state index >= 15 is 0 Å². The van der Waals surface area contributed by atoms with Gasteiger partial charge < -0.3 is 19.7 Å². The number of aromatic hydroxyl groups is 2. The first-order valence-corrected chi connectivity index (χ1v) is 8.81. The van der Waals surface area contributed by atoms with Crippen molar-refractivity contribution in [3.63, 3.8) is 0 Å². The molecule has 0 saturated carbocycles. The van der Waals surface area contributed by atoms with E-state index in [1.54, 1.807) is 48.5 Å². The Morgan fingerprint density at radius 3 is 1.18 bits per heavy atom. The van der Waals surface area contributed by atoms with Crippen molar-refractivity contribution in [2.24, 2.45) is 0 Å². The molecule has 4 rings (SSSR count). The zero-order valence-electron chi connectivity index (χ0n) is 14.9. The quantitative estimate of drug-likeness (QED) is 0.430. The summed E-state index contributed by atoms with van der Waals surface area (Å²) in [7, 11) is 0. The zero-order valence-corrected chi connectivity index (χ0v) is 14.9. The molecule has 4 aromatic rings. The minimum Gasteiger partial charge on any atom is -0.508 e. The fourth-order valence-corrected chi connectivity index (χ4v) is 2.84. The molecule has 138 valence electrons. The van der Waals surface area contributed by atoms with Crippen LogP contribution in [0.4, 0.5) is 0 Å². The third-order valence-electron chi connectivity index (χ3n) is 4.19. The number of benzene rings is 4. The van der Waals surface area contributed by atoms with Crippen molar-refractivity contribution in [1.29, 1.82) is 0 Å². The third-order valence-corrected chi connectivity index (χ3v) is 4.19. The molecule has 4 nitrogen and oxygen atoms in total. The van der Waals surface area contributed by atoms with Gasteiger partial charge in [0, 0.05) is 11.1 Å². The van der Waals surface area contributed by atoms with Crippen LogP contribution in [0.1, 0.15) is 0 Å². The molecule has 0 atom stereocenters.